The van der Waals surface area contributed by atoms with Gasteiger partial charge in [0.05, 0.1) is 12.8 Å². The van der Waals surface area contributed by atoms with Crippen LogP contribution >= 0.6 is 0 Å². The number of carbonyl (C=O) groups excluding carboxylic acids is 12. The van der Waals surface area contributed by atoms with Crippen LogP contribution in [0.2, 0.25) is 0 Å². The predicted octanol–water partition coefficient (Wildman–Crippen LogP) is -0.974. The number of phenols is 1. The van der Waals surface area contributed by atoms with Crippen LogP contribution in [-0.4, -0.2) is 154 Å². The molecule has 26 nitrogen and oxygen atoms in total. The Morgan fingerprint density at radius 1 is 0.477 bits per heavy atom. The summed E-state index contributed by atoms with van der Waals surface area (Å²) in [5.41, 5.74) is 18.7. The monoisotopic (exact) mass is 1220 g/mol. The first-order chi connectivity index (χ1) is 41.7. The highest BCUT2D eigenvalue weighted by molar-refractivity contribution is 6.01. The van der Waals surface area contributed by atoms with Gasteiger partial charge in [-0.05, 0) is 91.6 Å². The molecule has 0 spiro atoms. The molecule has 26 heteroatoms. The quantitative estimate of drug-likeness (QED) is 0.0729. The molecule has 3 aromatic rings. The predicted molar refractivity (Wildman–Crippen MR) is 324 cm³/mol. The average Bonchev–Trinajstić information content (AvgIpc) is 3.85. The zero-order valence-electron chi connectivity index (χ0n) is 50.8. The van der Waals surface area contributed by atoms with E-state index in [2.05, 4.69) is 47.9 Å². The van der Waals surface area contributed by atoms with Gasteiger partial charge in [0.25, 0.3) is 0 Å². The van der Waals surface area contributed by atoms with Crippen LogP contribution in [0.1, 0.15) is 110 Å². The van der Waals surface area contributed by atoms with E-state index in [-0.39, 0.29) is 82.0 Å². The van der Waals surface area contributed by atoms with Crippen molar-refractivity contribution in [2.75, 3.05) is 13.1 Å². The Balaban J connectivity index is 1.65. The molecule has 88 heavy (non-hydrogen) atoms. The molecule has 2 fully saturated rings. The highest BCUT2D eigenvalue weighted by Crippen LogP contribution is 2.22. The Morgan fingerprint density at radius 2 is 0.852 bits per heavy atom. The van der Waals surface area contributed by atoms with E-state index >= 15 is 4.79 Å². The molecule has 0 radical (unpaired) electrons. The standard InChI is InChI=1S/C62H87N13O13/c1-34(2)27-42-54(80)66-41(19-13-25-63)53(79)74-52(36(5)6)61(87)72-43(28-35(3)4)55(81)69-47(33-51(65)78)59(85)70-46(32-50(64)77)58(84)68-44(29-37-15-9-7-10-16-37)57(83)73-48(31-39-21-23-40(76)24-22-39)62(88)75-26-14-20-49(75)60(86)71-45(56(82)67-42)30-38-17-11-8-12-18-38/h7-12,15-18,21-24,34-36,41-49,52,76H,13-14,19-20,25-33,63H2,1-6H3,(H2,64,77)(H2,65,78)(H,66,80)(H,67,82)(H,68,84)(H,69,81)(H,70,85)(H,71,86)(H,72,87)(H,73,83)(H,74,79)/t41-,42-,43-,44+,45+,46-,47-,48-,49-,52-/m0/s1. The topological polar surface area (TPSA) is 415 Å². The summed E-state index contributed by atoms with van der Waals surface area (Å²) in [4.78, 5) is 172. The highest BCUT2D eigenvalue weighted by Gasteiger charge is 2.42. The number of rotatable bonds is 18. The van der Waals surface area contributed by atoms with E-state index in [0.717, 1.165) is 0 Å². The van der Waals surface area contributed by atoms with Crippen molar-refractivity contribution in [1.29, 1.82) is 0 Å². The molecule has 3 aromatic carbocycles. The number of phenolic OH excluding ortho intramolecular Hbond substituents is 1. The lowest BCUT2D eigenvalue weighted by Crippen LogP contribution is -2.62. The Hall–Kier alpha value is -8.94. The third-order valence-electron chi connectivity index (χ3n) is 15.0. The summed E-state index contributed by atoms with van der Waals surface area (Å²) >= 11 is 0. The zero-order valence-corrected chi connectivity index (χ0v) is 50.8. The fourth-order valence-corrected chi connectivity index (χ4v) is 10.5. The minimum atomic E-state index is -1.86. The van der Waals surface area contributed by atoms with Crippen molar-refractivity contribution in [1.82, 2.24) is 52.8 Å². The first kappa shape index (κ1) is 69.8. The van der Waals surface area contributed by atoms with Crippen LogP contribution in [0.15, 0.2) is 84.9 Å². The minimum absolute atomic E-state index is 0.0104. The molecule has 0 aliphatic carbocycles. The molecule has 2 heterocycles. The maximum atomic E-state index is 15.1. The van der Waals surface area contributed by atoms with E-state index < -0.39 is 150 Å². The van der Waals surface area contributed by atoms with Crippen molar-refractivity contribution < 1.29 is 62.6 Å². The molecule has 2 saturated heterocycles. The fourth-order valence-electron chi connectivity index (χ4n) is 10.5. The molecule has 2 aliphatic rings. The van der Waals surface area contributed by atoms with Crippen LogP contribution in [0.3, 0.4) is 0 Å². The van der Waals surface area contributed by atoms with Gasteiger partial charge >= 0.3 is 0 Å². The summed E-state index contributed by atoms with van der Waals surface area (Å²) < 4.78 is 0. The van der Waals surface area contributed by atoms with Gasteiger partial charge in [-0.2, -0.15) is 0 Å². The molecule has 0 bridgehead atoms. The molecule has 478 valence electrons. The van der Waals surface area contributed by atoms with Crippen molar-refractivity contribution in [3.05, 3.63) is 102 Å². The highest BCUT2D eigenvalue weighted by atomic mass is 16.3. The van der Waals surface area contributed by atoms with Crippen molar-refractivity contribution in [3.8, 4) is 5.75 Å². The summed E-state index contributed by atoms with van der Waals surface area (Å²) in [7, 11) is 0. The summed E-state index contributed by atoms with van der Waals surface area (Å²) in [6, 6.07) is 8.30. The van der Waals surface area contributed by atoms with Crippen molar-refractivity contribution in [2.45, 2.75) is 173 Å². The SMILES string of the molecule is CC(C)C[C@@H]1NC(=O)[C@H](C(C)C)NC(=O)[C@H](CCCN)NC(=O)[C@H](CC(C)C)NC(=O)[C@@H](Cc2ccccc2)NC(=O)[C@@H]2CCCN2C(=O)[C@H](Cc2ccc(O)cc2)NC(=O)[C@@H](Cc2ccccc2)NC(=O)[C@H](CC(N)=O)NC(=O)[C@H](CC(N)=O)NC1=O. The fraction of sp³-hybridized carbons (Fsp3) is 0.516. The van der Waals surface area contributed by atoms with Gasteiger partial charge in [-0.3, -0.25) is 57.5 Å². The Kier molecular flexibility index (Phi) is 26.8. The van der Waals surface area contributed by atoms with Crippen molar-refractivity contribution in [3.63, 3.8) is 0 Å². The molecular formula is C62H87N13O13. The van der Waals surface area contributed by atoms with E-state index in [1.807, 2.05) is 13.8 Å². The number of nitrogens with zero attached hydrogens (tertiary/aromatic N) is 1. The van der Waals surface area contributed by atoms with E-state index in [0.29, 0.717) is 23.1 Å². The number of benzene rings is 3. The van der Waals surface area contributed by atoms with Crippen LogP contribution in [0.4, 0.5) is 0 Å². The number of primary amides is 2. The molecule has 2 aliphatic heterocycles. The zero-order chi connectivity index (χ0) is 64.8. The lowest BCUT2D eigenvalue weighted by atomic mass is 9.98. The van der Waals surface area contributed by atoms with Crippen LogP contribution < -0.4 is 65.1 Å². The first-order valence-electron chi connectivity index (χ1n) is 29.9. The number of nitrogens with one attached hydrogen (secondary N) is 9. The van der Waals surface area contributed by atoms with E-state index in [9.17, 15) is 57.8 Å². The van der Waals surface area contributed by atoms with Crippen molar-refractivity contribution >= 4 is 70.9 Å². The van der Waals surface area contributed by atoms with Gasteiger partial charge in [-0.15, -0.1) is 0 Å². The molecule has 0 aromatic heterocycles. The number of nitrogens with two attached hydrogens (primary N) is 3. The second kappa shape index (κ2) is 33.8. The Labute approximate surface area is 512 Å². The number of carbonyl (C=O) groups is 12. The summed E-state index contributed by atoms with van der Waals surface area (Å²) in [5.74, 6) is -12.3. The van der Waals surface area contributed by atoms with E-state index in [1.54, 1.807) is 88.4 Å². The van der Waals surface area contributed by atoms with E-state index in [1.165, 1.54) is 29.2 Å². The minimum Gasteiger partial charge on any atom is -0.508 e. The van der Waals surface area contributed by atoms with Gasteiger partial charge in [-0.1, -0.05) is 114 Å². The Morgan fingerprint density at radius 3 is 1.31 bits per heavy atom. The van der Waals surface area contributed by atoms with Crippen LogP contribution in [0.5, 0.6) is 5.75 Å². The summed E-state index contributed by atoms with van der Waals surface area (Å²) in [6.07, 6.45) is -1.54. The normalized spacial score (nSPS) is 24.6. The number of hydrogen-bond acceptors (Lipinski definition) is 14. The lowest BCUT2D eigenvalue weighted by molar-refractivity contribution is -0.142. The molecular weight excluding hydrogens is 1130 g/mol. The van der Waals surface area contributed by atoms with Gasteiger partial charge in [0, 0.05) is 25.8 Å². The van der Waals surface area contributed by atoms with Gasteiger partial charge in [0.1, 0.15) is 66.2 Å². The van der Waals surface area contributed by atoms with Gasteiger partial charge < -0.3 is 75.1 Å². The maximum absolute atomic E-state index is 15.1. The average molecular weight is 1220 g/mol. The largest absolute Gasteiger partial charge is 0.508 e. The third kappa shape index (κ3) is 21.8. The van der Waals surface area contributed by atoms with E-state index in [4.69, 9.17) is 17.2 Å². The Bertz CT molecular complexity index is 2930. The summed E-state index contributed by atoms with van der Waals surface area (Å²) in [6.45, 7) is 10.5. The number of amides is 12. The number of hydrogen-bond donors (Lipinski definition) is 13. The van der Waals surface area contributed by atoms with Crippen LogP contribution in [-0.2, 0) is 76.8 Å². The smallest absolute Gasteiger partial charge is 0.246 e. The van der Waals surface area contributed by atoms with Crippen LogP contribution in [0, 0.1) is 17.8 Å². The second-order valence-electron chi connectivity index (χ2n) is 23.7. The summed E-state index contributed by atoms with van der Waals surface area (Å²) in [5, 5.41) is 34.1. The number of aromatic hydroxyl groups is 1. The van der Waals surface area contributed by atoms with Crippen LogP contribution in [0.25, 0.3) is 0 Å². The molecule has 12 amide bonds. The maximum Gasteiger partial charge on any atom is 0.246 e. The molecule has 16 N–H and O–H groups in total. The van der Waals surface area contributed by atoms with Crippen molar-refractivity contribution in [2.24, 2.45) is 35.0 Å². The van der Waals surface area contributed by atoms with Gasteiger partial charge in [0.2, 0.25) is 70.9 Å². The molecule has 5 rings (SSSR count). The third-order valence-corrected chi connectivity index (χ3v) is 15.0. The molecule has 10 atom stereocenters. The first-order valence-corrected chi connectivity index (χ1v) is 29.9. The van der Waals surface area contributed by atoms with Gasteiger partial charge in [-0.25, -0.2) is 0 Å². The number of fused-ring (bicyclic) bond motifs is 1. The lowest BCUT2D eigenvalue weighted by Gasteiger charge is -2.31. The second-order valence-corrected chi connectivity index (χ2v) is 23.7. The molecule has 0 unspecified atom stereocenters. The van der Waals surface area contributed by atoms with Gasteiger partial charge in [0.15, 0.2) is 0 Å². The molecule has 0 saturated carbocycles.